The average molecular weight is 469 g/mol. The number of hydrogen-bond donors (Lipinski definition) is 2. The van der Waals surface area contributed by atoms with E-state index in [-0.39, 0.29) is 17.2 Å². The molecular formula is C27H28N6O2. The molecule has 2 aromatic heterocycles. The molecule has 0 bridgehead atoms. The molecule has 2 amide bonds. The topological polar surface area (TPSA) is 100 Å². The number of amides is 2. The molecule has 0 saturated carbocycles. The number of likely N-dealkylation sites (tertiary alicyclic amines) is 1. The molecule has 3 aromatic rings. The van der Waals surface area contributed by atoms with E-state index in [4.69, 9.17) is 0 Å². The van der Waals surface area contributed by atoms with Crippen LogP contribution in [0.25, 0.3) is 0 Å². The largest absolute Gasteiger partial charge is 0.340 e. The van der Waals surface area contributed by atoms with Crippen molar-refractivity contribution in [2.75, 3.05) is 23.7 Å². The number of anilines is 3. The lowest BCUT2D eigenvalue weighted by molar-refractivity contribution is -0.120. The minimum absolute atomic E-state index is 0.0109. The van der Waals surface area contributed by atoms with Crippen LogP contribution in [0.1, 0.15) is 53.9 Å². The number of piperidine rings is 1. The van der Waals surface area contributed by atoms with Crippen LogP contribution < -0.4 is 10.6 Å². The maximum Gasteiger partial charge on any atom is 0.272 e. The smallest absolute Gasteiger partial charge is 0.272 e. The van der Waals surface area contributed by atoms with Gasteiger partial charge in [0, 0.05) is 36.6 Å². The zero-order valence-electron chi connectivity index (χ0n) is 20.0. The molecule has 8 heteroatoms. The van der Waals surface area contributed by atoms with Crippen molar-refractivity contribution >= 4 is 29.1 Å². The Morgan fingerprint density at radius 3 is 2.80 bits per heavy atom. The molecule has 0 radical (unpaired) electrons. The van der Waals surface area contributed by atoms with Gasteiger partial charge < -0.3 is 15.5 Å². The minimum atomic E-state index is -0.596. The number of carbonyl (C=O) groups is 2. The van der Waals surface area contributed by atoms with Crippen LogP contribution >= 0.6 is 0 Å². The third-order valence-corrected chi connectivity index (χ3v) is 7.53. The quantitative estimate of drug-likeness (QED) is 0.605. The monoisotopic (exact) mass is 468 g/mol. The van der Waals surface area contributed by atoms with Gasteiger partial charge in [0.15, 0.2) is 0 Å². The molecule has 8 nitrogen and oxygen atoms in total. The summed E-state index contributed by atoms with van der Waals surface area (Å²) in [4.78, 5) is 40.8. The molecular weight excluding hydrogens is 440 g/mol. The van der Waals surface area contributed by atoms with Crippen LogP contribution in [0.2, 0.25) is 0 Å². The zero-order valence-corrected chi connectivity index (χ0v) is 20.0. The Hall–Kier alpha value is -3.81. The van der Waals surface area contributed by atoms with Gasteiger partial charge in [-0.1, -0.05) is 26.0 Å². The third kappa shape index (κ3) is 3.73. The summed E-state index contributed by atoms with van der Waals surface area (Å²) in [5, 5.41) is 6.27. The van der Waals surface area contributed by atoms with Crippen LogP contribution in [-0.2, 0) is 23.1 Å². The highest BCUT2D eigenvalue weighted by molar-refractivity contribution is 6.06. The molecule has 1 unspecified atom stereocenters. The van der Waals surface area contributed by atoms with Crippen LogP contribution in [0.3, 0.4) is 0 Å². The molecule has 1 spiro atoms. The van der Waals surface area contributed by atoms with Crippen LogP contribution in [-0.4, -0.2) is 44.8 Å². The fraction of sp³-hybridized carbons (Fsp3) is 0.370. The normalized spacial score (nSPS) is 22.0. The van der Waals surface area contributed by atoms with Gasteiger partial charge in [-0.3, -0.25) is 9.59 Å². The van der Waals surface area contributed by atoms with Crippen molar-refractivity contribution < 1.29 is 9.59 Å². The Morgan fingerprint density at radius 2 is 1.94 bits per heavy atom. The molecule has 2 aliphatic heterocycles. The van der Waals surface area contributed by atoms with Crippen molar-refractivity contribution in [3.8, 4) is 0 Å². The maximum atomic E-state index is 13.1. The van der Waals surface area contributed by atoms with Gasteiger partial charge in [-0.2, -0.15) is 0 Å². The lowest BCUT2D eigenvalue weighted by atomic mass is 9.79. The SMILES string of the molecule is CC1(C)CCCN(C(=O)c2cc(Nc3ccc4c(c3)CC3(C4)C(=O)Nc4ncccc43)ncn2)C1. The van der Waals surface area contributed by atoms with Crippen LogP contribution in [0.5, 0.6) is 0 Å². The lowest BCUT2D eigenvalue weighted by Crippen LogP contribution is -2.43. The van der Waals surface area contributed by atoms with Crippen molar-refractivity contribution in [2.45, 2.75) is 44.9 Å². The molecule has 1 aromatic carbocycles. The standard InChI is InChI=1S/C27H28N6O2/c1-26(2)8-4-10-33(15-26)24(34)21-12-22(30-16-29-21)31-19-7-6-17-13-27(14-18(17)11-19)20-5-3-9-28-23(20)32-25(27)35/h3,5-7,9,11-12,16H,4,8,10,13-15H2,1-2H3,(H,28,32,35)(H,29,30,31). The second kappa shape index (κ2) is 7.86. The van der Waals surface area contributed by atoms with Gasteiger partial charge >= 0.3 is 0 Å². The number of rotatable bonds is 3. The van der Waals surface area contributed by atoms with Crippen LogP contribution in [0.15, 0.2) is 48.9 Å². The first-order valence-corrected chi connectivity index (χ1v) is 12.1. The highest BCUT2D eigenvalue weighted by atomic mass is 16.2. The second-order valence-electron chi connectivity index (χ2n) is 10.7. The van der Waals surface area contributed by atoms with Gasteiger partial charge in [-0.15, -0.1) is 0 Å². The highest BCUT2D eigenvalue weighted by Crippen LogP contribution is 2.47. The van der Waals surface area contributed by atoms with Gasteiger partial charge in [0.2, 0.25) is 5.91 Å². The van der Waals surface area contributed by atoms with Gasteiger partial charge in [0.05, 0.1) is 5.41 Å². The lowest BCUT2D eigenvalue weighted by Gasteiger charge is -2.37. The first-order chi connectivity index (χ1) is 16.8. The predicted octanol–water partition coefficient (Wildman–Crippen LogP) is 3.87. The number of nitrogens with zero attached hydrogens (tertiary/aromatic N) is 4. The first kappa shape index (κ1) is 21.7. The van der Waals surface area contributed by atoms with E-state index >= 15 is 0 Å². The van der Waals surface area contributed by atoms with Crippen LogP contribution in [0.4, 0.5) is 17.3 Å². The molecule has 1 saturated heterocycles. The number of benzene rings is 1. The summed E-state index contributed by atoms with van der Waals surface area (Å²) in [6.45, 7) is 5.88. The third-order valence-electron chi connectivity index (χ3n) is 7.53. The molecule has 3 aliphatic rings. The maximum absolute atomic E-state index is 13.1. The summed E-state index contributed by atoms with van der Waals surface area (Å²) in [6, 6.07) is 11.7. The number of nitrogens with one attached hydrogen (secondary N) is 2. The van der Waals surface area contributed by atoms with Crippen molar-refractivity contribution in [1.82, 2.24) is 19.9 Å². The summed E-state index contributed by atoms with van der Waals surface area (Å²) < 4.78 is 0. The molecule has 178 valence electrons. The van der Waals surface area contributed by atoms with Crippen molar-refractivity contribution in [3.05, 3.63) is 71.3 Å². The van der Waals surface area contributed by atoms with E-state index in [2.05, 4.69) is 51.6 Å². The number of pyridine rings is 1. The molecule has 6 rings (SSSR count). The van der Waals surface area contributed by atoms with Crippen molar-refractivity contribution in [3.63, 3.8) is 0 Å². The molecule has 1 atom stereocenters. The van der Waals surface area contributed by atoms with Gasteiger partial charge in [0.25, 0.3) is 5.91 Å². The minimum Gasteiger partial charge on any atom is -0.340 e. The van der Waals surface area contributed by atoms with E-state index in [0.29, 0.717) is 30.2 Å². The Bertz CT molecular complexity index is 1350. The Kier molecular flexibility index (Phi) is 4.88. The second-order valence-corrected chi connectivity index (χ2v) is 10.7. The summed E-state index contributed by atoms with van der Waals surface area (Å²) in [5.74, 6) is 1.19. The highest BCUT2D eigenvalue weighted by Gasteiger charge is 2.51. The number of aromatic nitrogens is 3. The van der Waals surface area contributed by atoms with Gasteiger partial charge in [0.1, 0.15) is 23.7 Å². The van der Waals surface area contributed by atoms with E-state index in [1.807, 2.05) is 23.1 Å². The number of carbonyl (C=O) groups excluding carboxylic acids is 2. The van der Waals surface area contributed by atoms with Crippen LogP contribution in [0, 0.1) is 5.41 Å². The average Bonchev–Trinajstić information content (AvgIpc) is 3.35. The summed E-state index contributed by atoms with van der Waals surface area (Å²) in [5.41, 5.74) is 4.04. The van der Waals surface area contributed by atoms with E-state index in [1.165, 1.54) is 6.33 Å². The number of hydrogen-bond acceptors (Lipinski definition) is 6. The fourth-order valence-corrected chi connectivity index (χ4v) is 5.79. The number of fused-ring (bicyclic) bond motifs is 3. The molecule has 4 heterocycles. The van der Waals surface area contributed by atoms with Gasteiger partial charge in [-0.05, 0) is 60.4 Å². The fourth-order valence-electron chi connectivity index (χ4n) is 5.79. The summed E-state index contributed by atoms with van der Waals surface area (Å²) >= 11 is 0. The first-order valence-electron chi connectivity index (χ1n) is 12.1. The zero-order chi connectivity index (χ0) is 24.2. The van der Waals surface area contributed by atoms with Gasteiger partial charge in [-0.25, -0.2) is 15.0 Å². The Morgan fingerprint density at radius 1 is 1.09 bits per heavy atom. The van der Waals surface area contributed by atoms with E-state index in [9.17, 15) is 9.59 Å². The van der Waals surface area contributed by atoms with Crippen molar-refractivity contribution in [1.29, 1.82) is 0 Å². The molecule has 1 aliphatic carbocycles. The predicted molar refractivity (Wildman–Crippen MR) is 133 cm³/mol. The van der Waals surface area contributed by atoms with Crippen molar-refractivity contribution in [2.24, 2.45) is 5.41 Å². The summed E-state index contributed by atoms with van der Waals surface area (Å²) in [6.07, 6.45) is 6.54. The molecule has 2 N–H and O–H groups in total. The van der Waals surface area contributed by atoms with E-state index in [1.54, 1.807) is 12.3 Å². The van der Waals surface area contributed by atoms with E-state index in [0.717, 1.165) is 48.3 Å². The Labute approximate surface area is 204 Å². The summed E-state index contributed by atoms with van der Waals surface area (Å²) in [7, 11) is 0. The van der Waals surface area contributed by atoms with E-state index < -0.39 is 5.41 Å². The molecule has 35 heavy (non-hydrogen) atoms. The molecule has 1 fully saturated rings. The Balaban J connectivity index is 1.22.